The highest BCUT2D eigenvalue weighted by Crippen LogP contribution is 2.34. The maximum absolute atomic E-state index is 13.5. The molecule has 11 aromatic rings. The summed E-state index contributed by atoms with van der Waals surface area (Å²) in [4.78, 5) is 36.1. The van der Waals surface area contributed by atoms with E-state index < -0.39 is 12.9 Å². The highest BCUT2D eigenvalue weighted by molar-refractivity contribution is 6.58. The van der Waals surface area contributed by atoms with Gasteiger partial charge in [-0.1, -0.05) is 201 Å². The van der Waals surface area contributed by atoms with Gasteiger partial charge in [0.15, 0.2) is 10.3 Å². The molecule has 0 aliphatic heterocycles. The largest absolute Gasteiger partial charge is 0.488 e. The van der Waals surface area contributed by atoms with Gasteiger partial charge in [-0.3, -0.25) is 0 Å². The third-order valence-electron chi connectivity index (χ3n) is 12.2. The van der Waals surface area contributed by atoms with Crippen LogP contribution in [0.3, 0.4) is 0 Å². The zero-order valence-electron chi connectivity index (χ0n) is 47.7. The fourth-order valence-electron chi connectivity index (χ4n) is 8.09. The van der Waals surface area contributed by atoms with Crippen molar-refractivity contribution in [2.75, 3.05) is 6.61 Å². The molecule has 7 aromatic carbocycles. The van der Waals surface area contributed by atoms with Gasteiger partial charge >= 0.3 is 7.12 Å². The van der Waals surface area contributed by atoms with Crippen molar-refractivity contribution in [2.45, 2.75) is 93.9 Å². The molecule has 12 nitrogen and oxygen atoms in total. The number of nitrogens with zero attached hydrogens (tertiary/aromatic N) is 9. The summed E-state index contributed by atoms with van der Waals surface area (Å²) in [7, 11) is -1.59. The van der Waals surface area contributed by atoms with Crippen molar-refractivity contribution in [1.29, 1.82) is 5.26 Å². The second-order valence-corrected chi connectivity index (χ2v) is 22.4. The van der Waals surface area contributed by atoms with Crippen LogP contribution in [0.2, 0.25) is 30.4 Å². The molecule has 0 saturated carbocycles. The van der Waals surface area contributed by atoms with Gasteiger partial charge in [-0.05, 0) is 114 Å². The SMILES string of the molecule is C.C.CC(C)c1nc2c(Cl)cccc2nc1-c1cccc(F)c1.CC(C)c1nc2c(Cl)cccc2nc1Cl.CC(C)c1nc2cccc(Cl)c2nc1-c1cccc(F)c1.CC(C)c1nc2cccc(Cl)c2nc1Cl.N#CCO.OB(O)c1cccc(F)c1. The van der Waals surface area contributed by atoms with Gasteiger partial charge in [-0.2, -0.15) is 5.26 Å². The molecule has 0 amide bonds. The van der Waals surface area contributed by atoms with Crippen LogP contribution in [-0.4, -0.2) is 68.8 Å². The van der Waals surface area contributed by atoms with Gasteiger partial charge in [0.2, 0.25) is 0 Å². The van der Waals surface area contributed by atoms with Crippen molar-refractivity contribution in [1.82, 2.24) is 39.9 Å². The monoisotopic (exact) mass is 1310 g/mol. The summed E-state index contributed by atoms with van der Waals surface area (Å²) in [5, 5.41) is 35.2. The van der Waals surface area contributed by atoms with E-state index in [9.17, 15) is 13.2 Å². The minimum absolute atomic E-state index is 0. The molecule has 0 radical (unpaired) electrons. The number of hydrogen-bond acceptors (Lipinski definition) is 12. The lowest BCUT2D eigenvalue weighted by Crippen LogP contribution is -2.29. The normalized spacial score (nSPS) is 10.5. The Morgan fingerprint density at radius 1 is 0.409 bits per heavy atom. The Morgan fingerprint density at radius 3 is 1.10 bits per heavy atom. The van der Waals surface area contributed by atoms with Crippen LogP contribution >= 0.6 is 69.6 Å². The first kappa shape index (κ1) is 73.3. The van der Waals surface area contributed by atoms with Gasteiger partial charge in [0.05, 0.1) is 82.4 Å². The summed E-state index contributed by atoms with van der Waals surface area (Å²) in [5.74, 6) is -0.196. The molecule has 0 aliphatic rings. The molecule has 0 aliphatic carbocycles. The summed E-state index contributed by atoms with van der Waals surface area (Å²) in [5.41, 5.74) is 12.0. The molecule has 3 N–H and O–H groups in total. The lowest BCUT2D eigenvalue weighted by molar-refractivity contribution is 0.348. The van der Waals surface area contributed by atoms with E-state index in [1.807, 2.05) is 116 Å². The molecule has 4 aromatic heterocycles. The number of hydrogen-bond donors (Lipinski definition) is 3. The number of halogens is 9. The first-order chi connectivity index (χ1) is 40.9. The van der Waals surface area contributed by atoms with Crippen molar-refractivity contribution < 1.29 is 28.3 Å². The number of para-hydroxylation sites is 4. The van der Waals surface area contributed by atoms with Crippen molar-refractivity contribution >= 4 is 126 Å². The van der Waals surface area contributed by atoms with Crippen LogP contribution in [0.15, 0.2) is 146 Å². The van der Waals surface area contributed by atoms with Gasteiger partial charge < -0.3 is 15.2 Å². The maximum Gasteiger partial charge on any atom is 0.488 e. The Morgan fingerprint density at radius 2 is 0.716 bits per heavy atom. The molecule has 11 rings (SSSR count). The smallest absolute Gasteiger partial charge is 0.423 e. The van der Waals surface area contributed by atoms with E-state index in [1.165, 1.54) is 48.5 Å². The fourth-order valence-corrected chi connectivity index (χ4v) is 9.63. The lowest BCUT2D eigenvalue weighted by Gasteiger charge is -2.13. The van der Waals surface area contributed by atoms with Crippen LogP contribution in [0.4, 0.5) is 13.2 Å². The van der Waals surface area contributed by atoms with Crippen LogP contribution in [0, 0.1) is 28.8 Å². The second-order valence-electron chi connectivity index (χ2n) is 20.0. The molecule has 0 spiro atoms. The number of rotatable bonds is 7. The van der Waals surface area contributed by atoms with Crippen molar-refractivity contribution in [2.24, 2.45) is 0 Å². The first-order valence-electron chi connectivity index (χ1n) is 26.7. The first-order valence-corrected chi connectivity index (χ1v) is 29.0. The van der Waals surface area contributed by atoms with Crippen LogP contribution < -0.4 is 5.46 Å². The molecule has 0 atom stereocenters. The van der Waals surface area contributed by atoms with Crippen molar-refractivity contribution in [3.05, 3.63) is 216 Å². The van der Waals surface area contributed by atoms with Crippen molar-refractivity contribution in [3.8, 4) is 28.6 Å². The summed E-state index contributed by atoms with van der Waals surface area (Å²) in [6.07, 6.45) is 0. The van der Waals surface area contributed by atoms with E-state index in [-0.39, 0.29) is 62.2 Å². The van der Waals surface area contributed by atoms with Gasteiger partial charge in [0, 0.05) is 11.1 Å². The molecule has 22 heteroatoms. The zero-order valence-corrected chi connectivity index (χ0v) is 52.3. The molecule has 4 heterocycles. The second kappa shape index (κ2) is 34.6. The summed E-state index contributed by atoms with van der Waals surface area (Å²) in [6, 6.07) is 41.5. The Balaban J connectivity index is 0.000000235. The number of fused-ring (bicyclic) bond motifs is 4. The highest BCUT2D eigenvalue weighted by Gasteiger charge is 2.19. The minimum Gasteiger partial charge on any atom is -0.423 e. The van der Waals surface area contributed by atoms with E-state index >= 15 is 0 Å². The predicted molar refractivity (Wildman–Crippen MR) is 358 cm³/mol. The number of aliphatic hydroxyl groups excluding tert-OH is 1. The number of benzene rings is 7. The number of aromatic nitrogens is 8. The Hall–Kier alpha value is -7.14. The lowest BCUT2D eigenvalue weighted by atomic mass is 9.80. The molecular formula is C66H65BCl6F3N9O3. The Labute approximate surface area is 541 Å². The van der Waals surface area contributed by atoms with E-state index in [2.05, 4.69) is 39.9 Å². The quantitative estimate of drug-likeness (QED) is 0.101. The van der Waals surface area contributed by atoms with Gasteiger partial charge in [-0.25, -0.2) is 53.0 Å². The van der Waals surface area contributed by atoms with Crippen LogP contribution in [0.25, 0.3) is 66.6 Å². The topological polar surface area (TPSA) is 188 Å². The zero-order chi connectivity index (χ0) is 62.9. The van der Waals surface area contributed by atoms with E-state index in [4.69, 9.17) is 90.0 Å². The van der Waals surface area contributed by atoms with Crippen LogP contribution in [0.5, 0.6) is 0 Å². The molecular weight excluding hydrogens is 1250 g/mol. The molecule has 0 saturated heterocycles. The maximum atomic E-state index is 13.5. The molecule has 0 unspecified atom stereocenters. The predicted octanol–water partition coefficient (Wildman–Crippen LogP) is 18.8. The summed E-state index contributed by atoms with van der Waals surface area (Å²) < 4.78 is 39.3. The Bertz CT molecular complexity index is 4180. The molecule has 88 heavy (non-hydrogen) atoms. The van der Waals surface area contributed by atoms with Crippen LogP contribution in [-0.2, 0) is 0 Å². The molecule has 0 fully saturated rings. The van der Waals surface area contributed by atoms with Crippen molar-refractivity contribution in [3.63, 3.8) is 0 Å². The Kier molecular flexibility index (Phi) is 28.8. The minimum atomic E-state index is -1.59. The standard InChI is InChI=1S/2C17H14ClFN2.2C11H10Cl2N2.C6H6BFO2.C2H3NO.2CH4/c1-10(2)15-16(11-5-3-6-12(19)9-11)20-14-8-4-7-13(18)17(14)21-15;1-10(2)15-16(11-5-3-6-12(19)9-11)21-17-13(18)7-4-8-14(17)20-15;1-6(2)9-11(13)14-8-5-3-4-7(12)10(8)15-9;1-6(2)9-11(13)15-10-7(12)4-3-5-8(10)14-9;8-6-3-1-2-5(4-6)7(9)10;3-1-2-4;;/h2*3-10H,1-2H3;2*3-6H,1-2H3;1-4,9-10H;4H,2H2;2*1H4. The third kappa shape index (κ3) is 19.7. The molecule has 0 bridgehead atoms. The van der Waals surface area contributed by atoms with Crippen LogP contribution in [0.1, 0.15) is 117 Å². The fraction of sp³-hybridized carbons (Fsp3) is 0.227. The third-order valence-corrected chi connectivity index (χ3v) is 14.0. The average Bonchev–Trinajstić information content (AvgIpc) is 2.41. The van der Waals surface area contributed by atoms with E-state index in [0.717, 1.165) is 51.0 Å². The summed E-state index contributed by atoms with van der Waals surface area (Å²) in [6.45, 7) is 15.9. The van der Waals surface area contributed by atoms with E-state index in [1.54, 1.807) is 36.4 Å². The van der Waals surface area contributed by atoms with Gasteiger partial charge in [0.25, 0.3) is 0 Å². The average molecular weight is 1310 g/mol. The highest BCUT2D eigenvalue weighted by atomic mass is 35.5. The number of nitriles is 1. The molecule has 458 valence electrons. The van der Waals surface area contributed by atoms with Gasteiger partial charge in [0.1, 0.15) is 46.1 Å². The van der Waals surface area contributed by atoms with E-state index in [0.29, 0.717) is 74.9 Å². The summed E-state index contributed by atoms with van der Waals surface area (Å²) >= 11 is 36.5. The number of aliphatic hydroxyl groups is 1. The van der Waals surface area contributed by atoms with Gasteiger partial charge in [-0.15, -0.1) is 0 Å².